The second-order valence-corrected chi connectivity index (χ2v) is 3.87. The van der Waals surface area contributed by atoms with Crippen LogP contribution in [0.5, 0.6) is 0 Å². The highest BCUT2D eigenvalue weighted by atomic mass is 79.9. The normalized spacial score (nSPS) is 10.1. The highest BCUT2D eigenvalue weighted by Crippen LogP contribution is 2.18. The molecular formula is C10H13BrNO3+. The first-order valence-corrected chi connectivity index (χ1v) is 5.18. The fourth-order valence-corrected chi connectivity index (χ4v) is 1.57. The van der Waals surface area contributed by atoms with Crippen molar-refractivity contribution in [3.8, 4) is 0 Å². The van der Waals surface area contributed by atoms with Crippen LogP contribution in [0.25, 0.3) is 0 Å². The number of quaternary nitrogens is 1. The number of ether oxygens (including phenoxy) is 1. The zero-order valence-corrected chi connectivity index (χ0v) is 10.2. The molecule has 0 radical (unpaired) electrons. The number of carbonyl (C=O) groups excluding carboxylic acids is 1. The Morgan fingerprint density at radius 1 is 1.47 bits per heavy atom. The molecular weight excluding hydrogens is 262 g/mol. The first kappa shape index (κ1) is 12.2. The number of methoxy groups -OCH3 is 1. The second kappa shape index (κ2) is 5.85. The van der Waals surface area contributed by atoms with E-state index in [-0.39, 0.29) is 12.4 Å². The van der Waals surface area contributed by atoms with E-state index in [0.717, 1.165) is 15.7 Å². The summed E-state index contributed by atoms with van der Waals surface area (Å²) in [6, 6.07) is 5.64. The van der Waals surface area contributed by atoms with Crippen LogP contribution in [0.15, 0.2) is 22.7 Å². The van der Waals surface area contributed by atoms with Crippen LogP contribution in [0.3, 0.4) is 0 Å². The van der Waals surface area contributed by atoms with Gasteiger partial charge in [0.05, 0.1) is 20.6 Å². The van der Waals surface area contributed by atoms with Crippen molar-refractivity contribution in [2.24, 2.45) is 0 Å². The third kappa shape index (κ3) is 3.62. The molecule has 4 nitrogen and oxygen atoms in total. The fraction of sp³-hybridized carbons (Fsp3) is 0.300. The van der Waals surface area contributed by atoms with Crippen LogP contribution in [0.4, 0.5) is 5.69 Å². The summed E-state index contributed by atoms with van der Waals surface area (Å²) in [5.74, 6) is -0.261. The van der Waals surface area contributed by atoms with E-state index in [4.69, 9.17) is 4.84 Å². The number of hydrogen-bond acceptors (Lipinski definition) is 3. The monoisotopic (exact) mass is 274 g/mol. The first-order valence-electron chi connectivity index (χ1n) is 4.38. The van der Waals surface area contributed by atoms with E-state index in [2.05, 4.69) is 20.7 Å². The largest absolute Gasteiger partial charge is 0.469 e. The zero-order valence-electron chi connectivity index (χ0n) is 8.62. The molecule has 0 aliphatic heterocycles. The Morgan fingerprint density at radius 2 is 2.20 bits per heavy atom. The van der Waals surface area contributed by atoms with Crippen LogP contribution < -0.4 is 5.48 Å². The van der Waals surface area contributed by atoms with Crippen molar-refractivity contribution in [3.63, 3.8) is 0 Å². The lowest BCUT2D eigenvalue weighted by atomic mass is 10.1. The Hall–Kier alpha value is -0.910. The molecule has 0 atom stereocenters. The Bertz CT molecular complexity index is 355. The van der Waals surface area contributed by atoms with Gasteiger partial charge in [0, 0.05) is 16.1 Å². The third-order valence-electron chi connectivity index (χ3n) is 1.92. The van der Waals surface area contributed by atoms with Crippen molar-refractivity contribution in [3.05, 3.63) is 28.2 Å². The molecule has 1 aromatic carbocycles. The molecule has 0 aliphatic rings. The van der Waals surface area contributed by atoms with Crippen molar-refractivity contribution < 1.29 is 19.8 Å². The summed E-state index contributed by atoms with van der Waals surface area (Å²) in [6.45, 7) is 0. The molecule has 1 aromatic rings. The maximum Gasteiger partial charge on any atom is 0.310 e. The van der Waals surface area contributed by atoms with E-state index in [1.165, 1.54) is 7.11 Å². The molecule has 82 valence electrons. The summed E-state index contributed by atoms with van der Waals surface area (Å²) in [5.41, 5.74) is 3.35. The van der Waals surface area contributed by atoms with Crippen LogP contribution in [-0.4, -0.2) is 20.2 Å². The van der Waals surface area contributed by atoms with E-state index in [0.29, 0.717) is 0 Å². The lowest BCUT2D eigenvalue weighted by Crippen LogP contribution is -2.76. The van der Waals surface area contributed by atoms with Crippen LogP contribution in [0, 0.1) is 0 Å². The van der Waals surface area contributed by atoms with Gasteiger partial charge in [0.1, 0.15) is 0 Å². The molecule has 0 aromatic heterocycles. The van der Waals surface area contributed by atoms with Gasteiger partial charge in [-0.05, 0) is 6.07 Å². The van der Waals surface area contributed by atoms with Gasteiger partial charge >= 0.3 is 5.97 Å². The molecule has 0 heterocycles. The SMILES string of the molecule is CO[NH2+]c1cc(Br)ccc1CC(=O)OC. The molecule has 5 heteroatoms. The van der Waals surface area contributed by atoms with E-state index in [1.54, 1.807) is 12.6 Å². The van der Waals surface area contributed by atoms with Gasteiger partial charge in [-0.25, -0.2) is 4.84 Å². The molecule has 1 rings (SSSR count). The minimum Gasteiger partial charge on any atom is -0.469 e. The maximum absolute atomic E-state index is 11.1. The lowest BCUT2D eigenvalue weighted by molar-refractivity contribution is -0.830. The highest BCUT2D eigenvalue weighted by Gasteiger charge is 2.11. The minimum absolute atomic E-state index is 0.249. The van der Waals surface area contributed by atoms with E-state index >= 15 is 0 Å². The smallest absolute Gasteiger partial charge is 0.310 e. The molecule has 0 spiro atoms. The molecule has 0 saturated carbocycles. The average Bonchev–Trinajstić information content (AvgIpc) is 2.22. The van der Waals surface area contributed by atoms with Gasteiger partial charge in [0.25, 0.3) is 0 Å². The quantitative estimate of drug-likeness (QED) is 0.505. The van der Waals surface area contributed by atoms with Gasteiger partial charge in [-0.3, -0.25) is 4.79 Å². The van der Waals surface area contributed by atoms with E-state index < -0.39 is 0 Å². The van der Waals surface area contributed by atoms with Gasteiger partial charge in [-0.2, -0.15) is 5.48 Å². The predicted molar refractivity (Wildman–Crippen MR) is 58.5 cm³/mol. The number of rotatable bonds is 4. The Kier molecular flexibility index (Phi) is 4.74. The van der Waals surface area contributed by atoms with Gasteiger partial charge in [0.15, 0.2) is 5.69 Å². The number of halogens is 1. The number of hydrogen-bond donors (Lipinski definition) is 1. The molecule has 0 saturated heterocycles. The van der Waals surface area contributed by atoms with Crippen molar-refractivity contribution in [1.82, 2.24) is 0 Å². The second-order valence-electron chi connectivity index (χ2n) is 2.95. The molecule has 0 unspecified atom stereocenters. The molecule has 0 bridgehead atoms. The van der Waals surface area contributed by atoms with Crippen LogP contribution >= 0.6 is 15.9 Å². The number of esters is 1. The highest BCUT2D eigenvalue weighted by molar-refractivity contribution is 9.10. The fourth-order valence-electron chi connectivity index (χ4n) is 1.19. The Morgan fingerprint density at radius 3 is 2.80 bits per heavy atom. The summed E-state index contributed by atoms with van der Waals surface area (Å²) in [4.78, 5) is 16.1. The van der Waals surface area contributed by atoms with Crippen molar-refractivity contribution in [2.45, 2.75) is 6.42 Å². The summed E-state index contributed by atoms with van der Waals surface area (Å²) < 4.78 is 5.56. The predicted octanol–water partition coefficient (Wildman–Crippen LogP) is 0.921. The van der Waals surface area contributed by atoms with Crippen molar-refractivity contribution in [1.29, 1.82) is 0 Å². The average molecular weight is 275 g/mol. The summed E-state index contributed by atoms with van der Waals surface area (Å²) in [5, 5.41) is 0. The standard InChI is InChI=1S/C10H12BrNO3/c1-14-10(13)5-7-3-4-8(11)6-9(7)12-15-2/h3-4,6,12H,5H2,1-2H3/p+1. The van der Waals surface area contributed by atoms with Crippen LogP contribution in [0.1, 0.15) is 5.56 Å². The van der Waals surface area contributed by atoms with Crippen molar-refractivity contribution >= 4 is 27.6 Å². The minimum atomic E-state index is -0.261. The van der Waals surface area contributed by atoms with E-state index in [1.807, 2.05) is 18.2 Å². The van der Waals surface area contributed by atoms with Crippen LogP contribution in [0.2, 0.25) is 0 Å². The van der Waals surface area contributed by atoms with Crippen molar-refractivity contribution in [2.75, 3.05) is 14.2 Å². The van der Waals surface area contributed by atoms with E-state index in [9.17, 15) is 4.79 Å². The Labute approximate surface area is 96.7 Å². The van der Waals surface area contributed by atoms with Gasteiger partial charge < -0.3 is 4.74 Å². The topological polar surface area (TPSA) is 52.1 Å². The van der Waals surface area contributed by atoms with Gasteiger partial charge in [-0.1, -0.05) is 22.0 Å². The maximum atomic E-state index is 11.1. The summed E-state index contributed by atoms with van der Waals surface area (Å²) in [7, 11) is 2.95. The van der Waals surface area contributed by atoms with Crippen LogP contribution in [-0.2, 0) is 20.8 Å². The summed E-state index contributed by atoms with van der Waals surface area (Å²) in [6.07, 6.45) is 0.249. The lowest BCUT2D eigenvalue weighted by Gasteiger charge is -2.05. The van der Waals surface area contributed by atoms with Gasteiger partial charge in [-0.15, -0.1) is 0 Å². The molecule has 0 aliphatic carbocycles. The molecule has 2 N–H and O–H groups in total. The number of nitrogens with two attached hydrogens (primary N) is 1. The third-order valence-corrected chi connectivity index (χ3v) is 2.41. The zero-order chi connectivity index (χ0) is 11.3. The summed E-state index contributed by atoms with van der Waals surface area (Å²) >= 11 is 3.36. The van der Waals surface area contributed by atoms with Gasteiger partial charge in [0.2, 0.25) is 0 Å². The molecule has 0 amide bonds. The number of carbonyl (C=O) groups is 1. The number of benzene rings is 1. The molecule has 0 fully saturated rings. The molecule has 15 heavy (non-hydrogen) atoms. The first-order chi connectivity index (χ1) is 7.17. The Balaban J connectivity index is 2.89.